The van der Waals surface area contributed by atoms with Crippen LogP contribution in [0, 0.1) is 0 Å². The van der Waals surface area contributed by atoms with E-state index in [-0.39, 0.29) is 12.1 Å². The van der Waals surface area contributed by atoms with Gasteiger partial charge in [0.1, 0.15) is 5.66 Å². The number of carbonyl (C=O) groups is 2. The highest BCUT2D eigenvalue weighted by atomic mass is 16.2. The van der Waals surface area contributed by atoms with E-state index in [9.17, 15) is 9.59 Å². The first kappa shape index (κ1) is 14.4. The monoisotopic (exact) mass is 301 g/mol. The van der Waals surface area contributed by atoms with Crippen molar-refractivity contribution in [1.29, 1.82) is 0 Å². The minimum atomic E-state index is -0.713. The minimum absolute atomic E-state index is 0.200. The van der Waals surface area contributed by atoms with Gasteiger partial charge in [-0.05, 0) is 32.9 Å². The van der Waals surface area contributed by atoms with Crippen molar-refractivity contribution in [3.05, 3.63) is 24.3 Å². The van der Waals surface area contributed by atoms with Gasteiger partial charge in [-0.3, -0.25) is 0 Å². The number of nitrogens with one attached hydrogen (secondary N) is 1. The molecule has 1 N–H and O–H groups in total. The lowest BCUT2D eigenvalue weighted by molar-refractivity contribution is 0.164. The Morgan fingerprint density at radius 2 is 1.91 bits per heavy atom. The van der Waals surface area contributed by atoms with Crippen LogP contribution in [-0.4, -0.2) is 42.2 Å². The van der Waals surface area contributed by atoms with Crippen LogP contribution in [0.1, 0.15) is 20.8 Å². The molecule has 0 saturated carbocycles. The van der Waals surface area contributed by atoms with E-state index < -0.39 is 5.66 Å². The van der Waals surface area contributed by atoms with Crippen LogP contribution in [0.15, 0.2) is 29.3 Å². The molecule has 0 saturated heterocycles. The number of fused-ring (bicyclic) bond motifs is 3. The van der Waals surface area contributed by atoms with Crippen molar-refractivity contribution in [3.8, 4) is 0 Å². The summed E-state index contributed by atoms with van der Waals surface area (Å²) in [4.78, 5) is 34.3. The van der Waals surface area contributed by atoms with Gasteiger partial charge in [-0.1, -0.05) is 12.1 Å². The Labute approximate surface area is 129 Å². The van der Waals surface area contributed by atoms with E-state index in [4.69, 9.17) is 0 Å². The molecule has 0 aliphatic carbocycles. The summed E-state index contributed by atoms with van der Waals surface area (Å²) >= 11 is 0. The van der Waals surface area contributed by atoms with Crippen molar-refractivity contribution in [2.24, 2.45) is 4.99 Å². The van der Waals surface area contributed by atoms with Gasteiger partial charge in [-0.2, -0.15) is 0 Å². The first-order valence-corrected chi connectivity index (χ1v) is 7.23. The fourth-order valence-electron chi connectivity index (χ4n) is 2.58. The first-order chi connectivity index (χ1) is 10.4. The molecule has 22 heavy (non-hydrogen) atoms. The van der Waals surface area contributed by atoms with Crippen LogP contribution in [0.4, 0.5) is 21.0 Å². The molecule has 0 radical (unpaired) electrons. The van der Waals surface area contributed by atoms with Crippen LogP contribution in [0.5, 0.6) is 0 Å². The molecule has 7 heteroatoms. The van der Waals surface area contributed by atoms with Crippen LogP contribution in [0.3, 0.4) is 0 Å². The molecule has 1 aromatic carbocycles. The van der Waals surface area contributed by atoms with E-state index >= 15 is 0 Å². The number of anilines is 2. The summed E-state index contributed by atoms with van der Waals surface area (Å²) in [5, 5.41) is 2.77. The highest BCUT2D eigenvalue weighted by molar-refractivity contribution is 6.35. The first-order valence-electron chi connectivity index (χ1n) is 7.23. The molecule has 0 atom stereocenters. The normalized spacial score (nSPS) is 18.8. The molecule has 7 nitrogen and oxygen atoms in total. The summed E-state index contributed by atoms with van der Waals surface area (Å²) in [6.07, 6.45) is 0. The minimum Gasteiger partial charge on any atom is -0.338 e. The molecule has 116 valence electrons. The van der Waals surface area contributed by atoms with Crippen LogP contribution in [-0.2, 0) is 0 Å². The zero-order valence-corrected chi connectivity index (χ0v) is 13.1. The van der Waals surface area contributed by atoms with E-state index in [1.165, 1.54) is 9.80 Å². The molecular formula is C15H19N5O2. The van der Waals surface area contributed by atoms with Gasteiger partial charge >= 0.3 is 12.1 Å². The number of benzene rings is 1. The van der Waals surface area contributed by atoms with Crippen molar-refractivity contribution < 1.29 is 9.59 Å². The van der Waals surface area contributed by atoms with E-state index in [0.717, 1.165) is 0 Å². The average Bonchev–Trinajstić information content (AvgIpc) is 2.78. The van der Waals surface area contributed by atoms with Crippen molar-refractivity contribution in [1.82, 2.24) is 10.2 Å². The second-order valence-corrected chi connectivity index (χ2v) is 5.74. The average molecular weight is 301 g/mol. The molecule has 0 unspecified atom stereocenters. The summed E-state index contributed by atoms with van der Waals surface area (Å²) in [5.41, 5.74) is 0.613. The zero-order chi connectivity index (χ0) is 16.1. The second kappa shape index (κ2) is 4.72. The smallest absolute Gasteiger partial charge is 0.333 e. The van der Waals surface area contributed by atoms with Crippen LogP contribution in [0.2, 0.25) is 0 Å². The maximum absolute atomic E-state index is 12.7. The summed E-state index contributed by atoms with van der Waals surface area (Å²) in [6, 6.07) is 6.81. The number of rotatable bonds is 1. The van der Waals surface area contributed by atoms with E-state index in [1.807, 2.05) is 45.0 Å². The highest BCUT2D eigenvalue weighted by Gasteiger charge is 2.47. The predicted molar refractivity (Wildman–Crippen MR) is 85.1 cm³/mol. The number of carbonyl (C=O) groups excluding carboxylic acids is 2. The van der Waals surface area contributed by atoms with Crippen molar-refractivity contribution in [2.75, 3.05) is 23.4 Å². The molecule has 0 bridgehead atoms. The van der Waals surface area contributed by atoms with Gasteiger partial charge in [0.15, 0.2) is 0 Å². The number of amides is 4. The molecule has 3 rings (SSSR count). The molecule has 0 aromatic heterocycles. The topological polar surface area (TPSA) is 68.2 Å². The highest BCUT2D eigenvalue weighted by Crippen LogP contribution is 2.41. The lowest BCUT2D eigenvalue weighted by Crippen LogP contribution is -2.60. The standard InChI is InChI=1S/C15H19N5O2/c1-5-16-13(21)19-10-8-6-7-9-11(10)20-12(19)17-15(2,3)18(4)14(20)22/h6-9H,5H2,1-4H3,(H,16,21). The summed E-state index contributed by atoms with van der Waals surface area (Å²) in [6.45, 7) is 6.04. The van der Waals surface area contributed by atoms with Crippen LogP contribution in [0.25, 0.3) is 0 Å². The van der Waals surface area contributed by atoms with Crippen molar-refractivity contribution >= 4 is 29.4 Å². The van der Waals surface area contributed by atoms with Gasteiger partial charge in [0.2, 0.25) is 5.96 Å². The third-order valence-electron chi connectivity index (χ3n) is 3.97. The quantitative estimate of drug-likeness (QED) is 0.864. The fraction of sp³-hybridized carbons (Fsp3) is 0.400. The molecule has 0 spiro atoms. The van der Waals surface area contributed by atoms with Crippen molar-refractivity contribution in [3.63, 3.8) is 0 Å². The summed E-state index contributed by atoms with van der Waals surface area (Å²) in [5.74, 6) is 0.347. The summed E-state index contributed by atoms with van der Waals surface area (Å²) < 4.78 is 0. The third-order valence-corrected chi connectivity index (χ3v) is 3.97. The fourth-order valence-corrected chi connectivity index (χ4v) is 2.58. The number of nitrogens with zero attached hydrogens (tertiary/aromatic N) is 4. The van der Waals surface area contributed by atoms with Crippen molar-refractivity contribution in [2.45, 2.75) is 26.4 Å². The largest absolute Gasteiger partial charge is 0.338 e. The SMILES string of the molecule is CCNC(=O)N1C2=NC(C)(C)N(C)C(=O)N2c2ccccc21. The molecule has 0 fully saturated rings. The molecule has 2 aliphatic heterocycles. The van der Waals surface area contributed by atoms with Gasteiger partial charge in [0.25, 0.3) is 0 Å². The Hall–Kier alpha value is -2.57. The molecule has 2 heterocycles. The van der Waals surface area contributed by atoms with Gasteiger partial charge in [-0.15, -0.1) is 0 Å². The number of urea groups is 2. The molecule has 4 amide bonds. The Bertz CT molecular complexity index is 682. The predicted octanol–water partition coefficient (Wildman–Crippen LogP) is 2.20. The second-order valence-electron chi connectivity index (χ2n) is 5.74. The van der Waals surface area contributed by atoms with E-state index in [1.54, 1.807) is 11.9 Å². The molecule has 2 aliphatic rings. The number of aliphatic imine (C=N–C) groups is 1. The maximum atomic E-state index is 12.7. The van der Waals surface area contributed by atoms with E-state index in [0.29, 0.717) is 23.9 Å². The van der Waals surface area contributed by atoms with Gasteiger partial charge in [-0.25, -0.2) is 24.4 Å². The molecular weight excluding hydrogens is 282 g/mol. The Kier molecular flexibility index (Phi) is 3.09. The van der Waals surface area contributed by atoms with E-state index in [2.05, 4.69) is 10.3 Å². The number of guanidine groups is 1. The van der Waals surface area contributed by atoms with Crippen LogP contribution < -0.4 is 15.1 Å². The molecule has 1 aromatic rings. The lowest BCUT2D eigenvalue weighted by Gasteiger charge is -2.40. The van der Waals surface area contributed by atoms with Gasteiger partial charge in [0, 0.05) is 13.6 Å². The Balaban J connectivity index is 2.19. The zero-order valence-electron chi connectivity index (χ0n) is 13.1. The summed E-state index contributed by atoms with van der Waals surface area (Å²) in [7, 11) is 1.71. The van der Waals surface area contributed by atoms with Crippen LogP contribution >= 0.6 is 0 Å². The van der Waals surface area contributed by atoms with Gasteiger partial charge in [0.05, 0.1) is 11.4 Å². The maximum Gasteiger partial charge on any atom is 0.333 e. The number of hydrogen-bond acceptors (Lipinski definition) is 3. The van der Waals surface area contributed by atoms with Gasteiger partial charge < -0.3 is 10.2 Å². The number of hydrogen-bond donors (Lipinski definition) is 1. The Morgan fingerprint density at radius 1 is 1.27 bits per heavy atom. The lowest BCUT2D eigenvalue weighted by atomic mass is 10.2. The third kappa shape index (κ3) is 1.85. The number of para-hydroxylation sites is 2. The Morgan fingerprint density at radius 3 is 2.55 bits per heavy atom.